The first-order valence-electron chi connectivity index (χ1n) is 6.39. The van der Waals surface area contributed by atoms with Gasteiger partial charge < -0.3 is 11.5 Å². The zero-order valence-electron chi connectivity index (χ0n) is 12.4. The normalized spacial score (nSPS) is 19.6. The molecule has 6 N–H and O–H groups in total. The number of hydrogen-bond donors (Lipinski definition) is 4. The number of halogens is 5. The molecule has 1 aromatic carbocycles. The number of nitrogens with two attached hydrogens (primary N) is 2. The second kappa shape index (κ2) is 6.87. The van der Waals surface area contributed by atoms with Gasteiger partial charge in [-0.2, -0.15) is 18.3 Å². The maximum atomic E-state index is 12.9. The van der Waals surface area contributed by atoms with Gasteiger partial charge in [-0.05, 0) is 44.0 Å². The average Bonchev–Trinajstić information content (AvgIpc) is 2.70. The molecule has 2 atom stereocenters. The number of nitrogens with zero attached hydrogens (tertiary/aromatic N) is 2. The molecule has 2 rings (SSSR count). The summed E-state index contributed by atoms with van der Waals surface area (Å²) in [5, 5.41) is 19.3. The van der Waals surface area contributed by atoms with Gasteiger partial charge in [0.25, 0.3) is 0 Å². The van der Waals surface area contributed by atoms with Crippen LogP contribution in [0.3, 0.4) is 0 Å². The molecule has 1 aromatic rings. The highest BCUT2D eigenvalue weighted by molar-refractivity contribution is 9.11. The topological polar surface area (TPSA) is 120 Å². The number of hydrogen-bond acceptors (Lipinski definition) is 6. The molecule has 0 saturated heterocycles. The molecule has 1 aliphatic heterocycles. The van der Waals surface area contributed by atoms with Crippen molar-refractivity contribution < 1.29 is 22.6 Å². The molecule has 0 aliphatic carbocycles. The highest BCUT2D eigenvalue weighted by atomic mass is 79.9. The number of hydroxylamine groups is 1. The van der Waals surface area contributed by atoms with E-state index in [1.54, 1.807) is 0 Å². The molecule has 0 amide bonds. The van der Waals surface area contributed by atoms with E-state index >= 15 is 0 Å². The first-order valence-corrected chi connectivity index (χ1v) is 9.54. The van der Waals surface area contributed by atoms with Gasteiger partial charge in [0, 0.05) is 15.2 Å². The molecule has 1 heterocycles. The molecule has 7 nitrogen and oxygen atoms in total. The van der Waals surface area contributed by atoms with Crippen LogP contribution in [0.25, 0.3) is 0 Å². The Bertz CT molecular complexity index is 748. The number of amidine groups is 1. The van der Waals surface area contributed by atoms with E-state index in [4.69, 9.17) is 16.9 Å². The van der Waals surface area contributed by atoms with E-state index in [-0.39, 0.29) is 25.2 Å². The summed E-state index contributed by atoms with van der Waals surface area (Å²) in [6.45, 7) is 0. The van der Waals surface area contributed by atoms with Gasteiger partial charge in [-0.15, -0.1) is 0 Å². The van der Waals surface area contributed by atoms with E-state index < -0.39 is 34.5 Å². The van der Waals surface area contributed by atoms with E-state index in [1.165, 1.54) is 6.26 Å². The van der Waals surface area contributed by atoms with Crippen molar-refractivity contribution in [2.45, 2.75) is 12.3 Å². The summed E-state index contributed by atoms with van der Waals surface area (Å²) in [6.07, 6.45) is -4.50. The van der Waals surface area contributed by atoms with E-state index in [0.717, 1.165) is 17.1 Å². The van der Waals surface area contributed by atoms with Crippen LogP contribution in [0.1, 0.15) is 5.56 Å². The summed E-state index contributed by atoms with van der Waals surface area (Å²) in [6, 6.07) is 1.63. The van der Waals surface area contributed by atoms with Gasteiger partial charge in [-0.25, -0.2) is 5.01 Å². The van der Waals surface area contributed by atoms with E-state index in [1.807, 2.05) is 0 Å². The van der Waals surface area contributed by atoms with Crippen LogP contribution in [-0.2, 0) is 17.0 Å². The molecule has 13 heteroatoms. The molecule has 0 fully saturated rings. The second-order valence-corrected chi connectivity index (χ2v) is 8.00. The molecule has 0 aromatic heterocycles. The van der Waals surface area contributed by atoms with Crippen molar-refractivity contribution in [3.8, 4) is 0 Å². The van der Waals surface area contributed by atoms with Crippen LogP contribution in [0.15, 0.2) is 31.7 Å². The number of nitrogens with one attached hydrogen (secondary N) is 1. The van der Waals surface area contributed by atoms with Gasteiger partial charge in [-0.1, -0.05) is 0 Å². The maximum Gasteiger partial charge on any atom is 0.416 e. The molecule has 0 saturated carbocycles. The second-order valence-electron chi connectivity index (χ2n) is 4.95. The highest BCUT2D eigenvalue weighted by Crippen LogP contribution is 2.44. The minimum absolute atomic E-state index is 0.0327. The molecule has 1 aliphatic rings. The van der Waals surface area contributed by atoms with Crippen LogP contribution in [0.4, 0.5) is 18.9 Å². The van der Waals surface area contributed by atoms with Crippen molar-refractivity contribution >= 4 is 54.2 Å². The number of hydrazine groups is 1. The van der Waals surface area contributed by atoms with Crippen molar-refractivity contribution in [3.05, 3.63) is 37.2 Å². The summed E-state index contributed by atoms with van der Waals surface area (Å²) in [4.78, 5) is -0.0336. The van der Waals surface area contributed by atoms with E-state index in [2.05, 4.69) is 31.9 Å². The zero-order chi connectivity index (χ0) is 19.3. The third-order valence-electron chi connectivity index (χ3n) is 3.31. The van der Waals surface area contributed by atoms with E-state index in [0.29, 0.717) is 5.17 Å². The minimum Gasteiger partial charge on any atom is -0.382 e. The zero-order valence-corrected chi connectivity index (χ0v) is 16.4. The predicted octanol–water partition coefficient (Wildman–Crippen LogP) is 2.47. The fraction of sp³-hybridized carbons (Fsp3) is 0.250. The summed E-state index contributed by atoms with van der Waals surface area (Å²) < 4.78 is 50.6. The third-order valence-corrected chi connectivity index (χ3v) is 5.57. The molecule has 25 heavy (non-hydrogen) atoms. The molecule has 138 valence electrons. The fourth-order valence-electron chi connectivity index (χ4n) is 2.30. The molecule has 0 radical (unpaired) electrons. The number of benzene rings is 1. The van der Waals surface area contributed by atoms with Crippen molar-refractivity contribution in [3.63, 3.8) is 0 Å². The van der Waals surface area contributed by atoms with Crippen molar-refractivity contribution in [1.82, 2.24) is 5.17 Å². The number of alkyl halides is 3. The van der Waals surface area contributed by atoms with Crippen LogP contribution in [0.5, 0.6) is 0 Å². The standard InChI is InChI=1S/C12H12Br2F3N5O2S/c1-25(24)9-8(10(18)19)22(23)21(11(9)20)7-5(13)2-4(3-6(7)14)12(15,16)17/h2-3,11,23H,20H2,1H3,(H3,18,19). The predicted molar refractivity (Wildman–Crippen MR) is 93.9 cm³/mol. The molecular formula is C12H12Br2F3N5O2S. The lowest BCUT2D eigenvalue weighted by Crippen LogP contribution is -2.47. The maximum absolute atomic E-state index is 12.9. The lowest BCUT2D eigenvalue weighted by molar-refractivity contribution is -0.137. The lowest BCUT2D eigenvalue weighted by Gasteiger charge is -2.32. The Morgan fingerprint density at radius 3 is 2.16 bits per heavy atom. The van der Waals surface area contributed by atoms with E-state index in [9.17, 15) is 22.6 Å². The monoisotopic (exact) mass is 505 g/mol. The van der Waals surface area contributed by atoms with Gasteiger partial charge in [0.1, 0.15) is 17.7 Å². The van der Waals surface area contributed by atoms with Crippen LogP contribution < -0.4 is 16.5 Å². The molecule has 2 unspecified atom stereocenters. The first kappa shape index (κ1) is 20.2. The lowest BCUT2D eigenvalue weighted by atomic mass is 10.2. The first-order chi connectivity index (χ1) is 11.4. The number of rotatable bonds is 3. The average molecular weight is 507 g/mol. The fourth-order valence-corrected chi connectivity index (χ4v) is 4.76. The van der Waals surface area contributed by atoms with Gasteiger partial charge in [-0.3, -0.25) is 14.8 Å². The molecule has 0 spiro atoms. The SMILES string of the molecule is CS(=O)C1=C(C(=N)N)N(O)N(c2c(Br)cc(C(F)(F)F)cc2Br)C1N. The van der Waals surface area contributed by atoms with Gasteiger partial charge in [0.2, 0.25) is 0 Å². The summed E-state index contributed by atoms with van der Waals surface area (Å²) in [5.41, 5.74) is 10.2. The number of anilines is 1. The Kier molecular flexibility index (Phi) is 5.54. The van der Waals surface area contributed by atoms with Crippen LogP contribution in [-0.4, -0.2) is 32.8 Å². The van der Waals surface area contributed by atoms with Gasteiger partial charge >= 0.3 is 6.18 Å². The van der Waals surface area contributed by atoms with Crippen molar-refractivity contribution in [2.24, 2.45) is 11.5 Å². The quantitative estimate of drug-likeness (QED) is 0.369. The Hall–Kier alpha value is -1.15. The Morgan fingerprint density at radius 1 is 1.36 bits per heavy atom. The Balaban J connectivity index is 2.61. The Morgan fingerprint density at radius 2 is 1.84 bits per heavy atom. The van der Waals surface area contributed by atoms with Gasteiger partial charge in [0.05, 0.1) is 27.0 Å². The minimum atomic E-state index is -4.57. The molecular weight excluding hydrogens is 495 g/mol. The summed E-state index contributed by atoms with van der Waals surface area (Å²) in [5.74, 6) is -0.593. The third kappa shape index (κ3) is 3.56. The molecule has 0 bridgehead atoms. The van der Waals surface area contributed by atoms with Crippen LogP contribution in [0, 0.1) is 5.41 Å². The van der Waals surface area contributed by atoms with Gasteiger partial charge in [0.15, 0.2) is 0 Å². The summed E-state index contributed by atoms with van der Waals surface area (Å²) >= 11 is 6.05. The van der Waals surface area contributed by atoms with Crippen LogP contribution >= 0.6 is 31.9 Å². The highest BCUT2D eigenvalue weighted by Gasteiger charge is 2.42. The van der Waals surface area contributed by atoms with Crippen LogP contribution in [0.2, 0.25) is 0 Å². The van der Waals surface area contributed by atoms with Crippen molar-refractivity contribution in [2.75, 3.05) is 11.3 Å². The van der Waals surface area contributed by atoms with Crippen molar-refractivity contribution in [1.29, 1.82) is 5.41 Å². The smallest absolute Gasteiger partial charge is 0.382 e. The largest absolute Gasteiger partial charge is 0.416 e. The Labute approximate surface area is 159 Å². The summed E-state index contributed by atoms with van der Waals surface area (Å²) in [7, 11) is -1.69.